The fourth-order valence-electron chi connectivity index (χ4n) is 6.95. The molecule has 40 heavy (non-hydrogen) atoms. The lowest BCUT2D eigenvalue weighted by Gasteiger charge is -2.18. The zero-order chi connectivity index (χ0) is 26.2. The Balaban J connectivity index is 1.41. The van der Waals surface area contributed by atoms with Crippen LogP contribution in [0.1, 0.15) is 0 Å². The van der Waals surface area contributed by atoms with Crippen LogP contribution < -0.4 is 0 Å². The van der Waals surface area contributed by atoms with E-state index in [0.717, 1.165) is 0 Å². The Morgan fingerprint density at radius 1 is 0.275 bits per heavy atom. The molecule has 0 nitrogen and oxygen atoms in total. The molecule has 184 valence electrons. The van der Waals surface area contributed by atoms with Crippen molar-refractivity contribution in [3.8, 4) is 22.3 Å². The van der Waals surface area contributed by atoms with Crippen molar-refractivity contribution in [2.75, 3.05) is 0 Å². The van der Waals surface area contributed by atoms with Gasteiger partial charge in [0, 0.05) is 0 Å². The molecule has 0 atom stereocenters. The first-order valence-electron chi connectivity index (χ1n) is 13.9. The minimum atomic E-state index is 1.25. The smallest absolute Gasteiger partial charge is 0.00203 e. The molecule has 9 aromatic rings. The van der Waals surface area contributed by atoms with Gasteiger partial charge in [0.15, 0.2) is 0 Å². The van der Waals surface area contributed by atoms with Gasteiger partial charge in [0.2, 0.25) is 0 Å². The van der Waals surface area contributed by atoms with E-state index in [2.05, 4.69) is 146 Å². The van der Waals surface area contributed by atoms with Crippen molar-refractivity contribution in [3.05, 3.63) is 146 Å². The van der Waals surface area contributed by atoms with Crippen LogP contribution in [-0.4, -0.2) is 0 Å². The number of rotatable bonds is 2. The van der Waals surface area contributed by atoms with Gasteiger partial charge in [-0.05, 0) is 105 Å². The molecule has 0 bridgehead atoms. The quantitative estimate of drug-likeness (QED) is 0.162. The largest absolute Gasteiger partial charge is 0.0622 e. The van der Waals surface area contributed by atoms with Gasteiger partial charge >= 0.3 is 0 Å². The first-order chi connectivity index (χ1) is 19.8. The molecule has 0 heterocycles. The molecular formula is C40H24. The zero-order valence-corrected chi connectivity index (χ0v) is 21.9. The topological polar surface area (TPSA) is 0 Å². The van der Waals surface area contributed by atoms with Crippen molar-refractivity contribution in [1.82, 2.24) is 0 Å². The second-order valence-electron chi connectivity index (χ2n) is 10.9. The minimum absolute atomic E-state index is 1.25. The highest BCUT2D eigenvalue weighted by molar-refractivity contribution is 6.29. The fraction of sp³-hybridized carbons (Fsp3) is 0. The van der Waals surface area contributed by atoms with Crippen LogP contribution in [0, 0.1) is 0 Å². The molecule has 0 heteroatoms. The molecule has 0 saturated heterocycles. The molecule has 0 amide bonds. The summed E-state index contributed by atoms with van der Waals surface area (Å²) in [7, 11) is 0. The highest BCUT2D eigenvalue weighted by Crippen LogP contribution is 2.45. The van der Waals surface area contributed by atoms with E-state index in [0.29, 0.717) is 0 Å². The van der Waals surface area contributed by atoms with E-state index in [4.69, 9.17) is 0 Å². The number of benzene rings is 9. The van der Waals surface area contributed by atoms with Gasteiger partial charge in [0.05, 0.1) is 0 Å². The molecule has 0 aromatic heterocycles. The highest BCUT2D eigenvalue weighted by atomic mass is 14.2. The van der Waals surface area contributed by atoms with Crippen LogP contribution >= 0.6 is 0 Å². The van der Waals surface area contributed by atoms with Gasteiger partial charge in [-0.15, -0.1) is 0 Å². The van der Waals surface area contributed by atoms with Crippen molar-refractivity contribution in [3.63, 3.8) is 0 Å². The third-order valence-electron chi connectivity index (χ3n) is 8.75. The third kappa shape index (κ3) is 3.02. The summed E-state index contributed by atoms with van der Waals surface area (Å²) in [5, 5.41) is 15.7. The summed E-state index contributed by atoms with van der Waals surface area (Å²) in [6, 6.07) is 53.9. The van der Waals surface area contributed by atoms with Gasteiger partial charge in [-0.1, -0.05) is 127 Å². The van der Waals surface area contributed by atoms with E-state index in [1.165, 1.54) is 86.9 Å². The normalized spacial score (nSPS) is 12.0. The van der Waals surface area contributed by atoms with Crippen LogP contribution in [0.2, 0.25) is 0 Å². The summed E-state index contributed by atoms with van der Waals surface area (Å²) in [5.41, 5.74) is 5.13. The second-order valence-corrected chi connectivity index (χ2v) is 10.9. The predicted octanol–water partition coefficient (Wildman–Crippen LogP) is 11.4. The molecular weight excluding hydrogens is 480 g/mol. The van der Waals surface area contributed by atoms with E-state index >= 15 is 0 Å². The van der Waals surface area contributed by atoms with Crippen LogP contribution in [0.3, 0.4) is 0 Å². The molecule has 0 N–H and O–H groups in total. The Morgan fingerprint density at radius 2 is 0.900 bits per heavy atom. The average molecular weight is 505 g/mol. The fourth-order valence-corrected chi connectivity index (χ4v) is 6.95. The molecule has 0 fully saturated rings. The lowest BCUT2D eigenvalue weighted by Crippen LogP contribution is -1.91. The summed E-state index contributed by atoms with van der Waals surface area (Å²) in [4.78, 5) is 0. The zero-order valence-electron chi connectivity index (χ0n) is 21.9. The molecule has 0 saturated carbocycles. The maximum absolute atomic E-state index is 2.37. The van der Waals surface area contributed by atoms with Gasteiger partial charge in [-0.25, -0.2) is 0 Å². The van der Waals surface area contributed by atoms with Crippen molar-refractivity contribution >= 4 is 64.6 Å². The number of hydrogen-bond acceptors (Lipinski definition) is 0. The predicted molar refractivity (Wildman–Crippen MR) is 174 cm³/mol. The van der Waals surface area contributed by atoms with Crippen molar-refractivity contribution in [2.24, 2.45) is 0 Å². The van der Waals surface area contributed by atoms with Gasteiger partial charge in [0.1, 0.15) is 0 Å². The van der Waals surface area contributed by atoms with Gasteiger partial charge in [-0.3, -0.25) is 0 Å². The highest BCUT2D eigenvalue weighted by Gasteiger charge is 2.17. The maximum Gasteiger partial charge on any atom is -0.00203 e. The van der Waals surface area contributed by atoms with Gasteiger partial charge in [0.25, 0.3) is 0 Å². The van der Waals surface area contributed by atoms with Crippen molar-refractivity contribution < 1.29 is 0 Å². The van der Waals surface area contributed by atoms with Gasteiger partial charge in [-0.2, -0.15) is 0 Å². The van der Waals surface area contributed by atoms with Crippen LogP contribution in [-0.2, 0) is 0 Å². The molecule has 9 aromatic carbocycles. The Morgan fingerprint density at radius 3 is 1.75 bits per heavy atom. The van der Waals surface area contributed by atoms with Crippen LogP contribution in [0.5, 0.6) is 0 Å². The minimum Gasteiger partial charge on any atom is -0.0622 e. The monoisotopic (exact) mass is 504 g/mol. The lowest BCUT2D eigenvalue weighted by atomic mass is 9.85. The summed E-state index contributed by atoms with van der Waals surface area (Å²) < 4.78 is 0. The van der Waals surface area contributed by atoms with Crippen molar-refractivity contribution in [2.45, 2.75) is 0 Å². The SMILES string of the molecule is c1ccc(-c2cc3ccc4ccc(-c5c6ccccc6cc6c5ccc5ccccc56)c5ccc(c2)c3c45)cc1. The summed E-state index contributed by atoms with van der Waals surface area (Å²) in [6.45, 7) is 0. The van der Waals surface area contributed by atoms with E-state index in [1.54, 1.807) is 0 Å². The molecule has 9 rings (SSSR count). The summed E-state index contributed by atoms with van der Waals surface area (Å²) in [5.74, 6) is 0. The Hall–Kier alpha value is -5.20. The van der Waals surface area contributed by atoms with Crippen LogP contribution in [0.25, 0.3) is 86.9 Å². The molecule has 0 aliphatic heterocycles. The molecule has 0 aliphatic rings. The van der Waals surface area contributed by atoms with E-state index < -0.39 is 0 Å². The standard InChI is InChI=1S/C40H24/c1-2-8-25(9-3-1)31-22-29-15-14-27-17-20-35(34-21-18-30(23-31)38(29)39(27)34)40-33-13-7-5-11-28(33)24-37-32-12-6-4-10-26(32)16-19-36(37)40/h1-24H. The molecule has 0 spiro atoms. The second kappa shape index (κ2) is 8.15. The molecule has 0 radical (unpaired) electrons. The number of fused-ring (bicyclic) bond motifs is 4. The average Bonchev–Trinajstić information content (AvgIpc) is 3.02. The third-order valence-corrected chi connectivity index (χ3v) is 8.75. The van der Waals surface area contributed by atoms with E-state index in [1.807, 2.05) is 0 Å². The molecule has 0 aliphatic carbocycles. The lowest BCUT2D eigenvalue weighted by molar-refractivity contribution is 1.66. The maximum atomic E-state index is 2.37. The van der Waals surface area contributed by atoms with Crippen LogP contribution in [0.15, 0.2) is 146 Å². The van der Waals surface area contributed by atoms with Crippen molar-refractivity contribution in [1.29, 1.82) is 0 Å². The van der Waals surface area contributed by atoms with E-state index in [9.17, 15) is 0 Å². The summed E-state index contributed by atoms with van der Waals surface area (Å²) >= 11 is 0. The first-order valence-corrected chi connectivity index (χ1v) is 13.9. The van der Waals surface area contributed by atoms with Gasteiger partial charge < -0.3 is 0 Å². The van der Waals surface area contributed by atoms with Crippen LogP contribution in [0.4, 0.5) is 0 Å². The summed E-state index contributed by atoms with van der Waals surface area (Å²) in [6.07, 6.45) is 0. The molecule has 0 unspecified atom stereocenters. The number of hydrogen-bond donors (Lipinski definition) is 0. The Bertz CT molecular complexity index is 2390. The van der Waals surface area contributed by atoms with E-state index in [-0.39, 0.29) is 0 Å². The Labute approximate surface area is 232 Å². The first kappa shape index (κ1) is 21.7. The Kier molecular flexibility index (Phi) is 4.42.